The summed E-state index contributed by atoms with van der Waals surface area (Å²) in [4.78, 5) is 81.7. The largest absolute Gasteiger partial charge is 0.490 e. The van der Waals surface area contributed by atoms with E-state index in [4.69, 9.17) is 24.8 Å². The number of carbonyl (C=O) groups excluding carboxylic acids is 1. The highest BCUT2D eigenvalue weighted by atomic mass is 32.1. The zero-order valence-electron chi connectivity index (χ0n) is 19.8. The first kappa shape index (κ1) is 32.0. The van der Waals surface area contributed by atoms with E-state index in [1.54, 1.807) is 0 Å². The Kier molecular flexibility index (Phi) is 10.0. The van der Waals surface area contributed by atoms with Gasteiger partial charge < -0.3 is 29.0 Å². The van der Waals surface area contributed by atoms with Gasteiger partial charge in [-0.05, 0) is 12.5 Å². The highest BCUT2D eigenvalue weighted by molar-refractivity contribution is 7.66. The van der Waals surface area contributed by atoms with Crippen LogP contribution in [-0.4, -0.2) is 58.9 Å². The van der Waals surface area contributed by atoms with E-state index in [2.05, 4.69) is 28.2 Å². The van der Waals surface area contributed by atoms with Gasteiger partial charge in [-0.15, -0.1) is 11.3 Å². The van der Waals surface area contributed by atoms with E-state index in [1.807, 2.05) is 4.98 Å². The highest BCUT2D eigenvalue weighted by Gasteiger charge is 2.44. The fourth-order valence-corrected chi connectivity index (χ4v) is 6.97. The van der Waals surface area contributed by atoms with Gasteiger partial charge in [0.2, 0.25) is 0 Å². The number of azide groups is 1. The maximum Gasteiger partial charge on any atom is 0.490 e. The van der Waals surface area contributed by atoms with Crippen LogP contribution in [0.5, 0.6) is 0 Å². The molecule has 3 unspecified atom stereocenters. The summed E-state index contributed by atoms with van der Waals surface area (Å²) in [5.74, 6) is -0.978. The second-order valence-corrected chi connectivity index (χ2v) is 13.0. The lowest BCUT2D eigenvalue weighted by Gasteiger charge is -2.21. The number of aromatic amines is 1. The average Bonchev–Trinajstić information content (AvgIpc) is 3.43. The molecule has 0 aromatic carbocycles. The number of carbonyl (C=O) groups is 1. The van der Waals surface area contributed by atoms with Crippen LogP contribution in [0.2, 0.25) is 0 Å². The van der Waals surface area contributed by atoms with Gasteiger partial charge in [0.25, 0.3) is 5.56 Å². The van der Waals surface area contributed by atoms with Crippen molar-refractivity contribution in [1.29, 1.82) is 0 Å². The number of rotatable bonds is 12. The lowest BCUT2D eigenvalue weighted by Crippen LogP contribution is -2.33. The third-order valence-corrected chi connectivity index (χ3v) is 9.47. The Balaban J connectivity index is 1.83. The molecular weight excluding hydrogens is 629 g/mol. The van der Waals surface area contributed by atoms with Crippen LogP contribution >= 0.6 is 34.8 Å². The Bertz CT molecular complexity index is 1580. The van der Waals surface area contributed by atoms with Gasteiger partial charge in [-0.2, -0.15) is 8.62 Å². The second kappa shape index (κ2) is 12.5. The first-order valence-electron chi connectivity index (χ1n) is 10.4. The normalized spacial score (nSPS) is 22.2. The summed E-state index contributed by atoms with van der Waals surface area (Å²) >= 11 is 0.847. The summed E-state index contributed by atoms with van der Waals surface area (Å²) in [6.07, 6.45) is -3.12. The SMILES string of the molecule is Cc1cn([C@H]2CC(OC(=O)c3scnc3CN=[N+]=[N-])[C@@H](COP(=O)(O)OP(=O)(O)OP(=O)(O)O)O2)c(=O)[nH]c1=O. The molecule has 2 aromatic heterocycles. The minimum Gasteiger partial charge on any atom is -0.455 e. The number of aryl methyl sites for hydroxylation is 1. The van der Waals surface area contributed by atoms with E-state index in [9.17, 15) is 37.9 Å². The van der Waals surface area contributed by atoms with E-state index in [0.29, 0.717) is 0 Å². The van der Waals surface area contributed by atoms with Crippen LogP contribution in [0.15, 0.2) is 26.4 Å². The number of nitrogens with one attached hydrogen (secondary N) is 1. The number of phosphoric acid groups is 3. The molecule has 0 spiro atoms. The summed E-state index contributed by atoms with van der Waals surface area (Å²) in [6.45, 7) is 0.113. The van der Waals surface area contributed by atoms with Crippen molar-refractivity contribution in [3.05, 3.63) is 59.1 Å². The molecular formula is C15H19N6O15P3S. The molecule has 1 fully saturated rings. The lowest BCUT2D eigenvalue weighted by atomic mass is 10.2. The van der Waals surface area contributed by atoms with Crippen molar-refractivity contribution in [3.8, 4) is 0 Å². The molecule has 21 nitrogen and oxygen atoms in total. The van der Waals surface area contributed by atoms with Crippen molar-refractivity contribution in [3.63, 3.8) is 0 Å². The molecule has 0 amide bonds. The topological polar surface area (TPSA) is 312 Å². The predicted octanol–water partition coefficient (Wildman–Crippen LogP) is 0.968. The molecule has 0 radical (unpaired) electrons. The third-order valence-electron chi connectivity index (χ3n) is 4.82. The van der Waals surface area contributed by atoms with E-state index in [0.717, 1.165) is 22.1 Å². The van der Waals surface area contributed by atoms with Gasteiger partial charge in [-0.3, -0.25) is 18.9 Å². The molecule has 1 saturated heterocycles. The minimum absolute atomic E-state index is 0.0560. The number of esters is 1. The van der Waals surface area contributed by atoms with Crippen molar-refractivity contribution in [2.75, 3.05) is 6.61 Å². The smallest absolute Gasteiger partial charge is 0.455 e. The monoisotopic (exact) mass is 648 g/mol. The summed E-state index contributed by atoms with van der Waals surface area (Å²) in [5, 5.41) is 3.32. The summed E-state index contributed by atoms with van der Waals surface area (Å²) < 4.78 is 58.4. The number of H-pyrrole nitrogens is 1. The van der Waals surface area contributed by atoms with Crippen molar-refractivity contribution in [1.82, 2.24) is 14.5 Å². The molecule has 3 heterocycles. The van der Waals surface area contributed by atoms with Gasteiger partial charge in [-0.25, -0.2) is 28.3 Å². The number of nitrogens with zero attached hydrogens (tertiary/aromatic N) is 5. The number of hydrogen-bond donors (Lipinski definition) is 5. The zero-order chi connectivity index (χ0) is 29.9. The predicted molar refractivity (Wildman–Crippen MR) is 129 cm³/mol. The molecule has 1 aliphatic heterocycles. The van der Waals surface area contributed by atoms with E-state index < -0.39 is 65.7 Å². The molecule has 0 aliphatic carbocycles. The lowest BCUT2D eigenvalue weighted by molar-refractivity contribution is -0.0511. The van der Waals surface area contributed by atoms with Crippen LogP contribution in [0.1, 0.15) is 33.6 Å². The Morgan fingerprint density at radius 3 is 2.62 bits per heavy atom. The quantitative estimate of drug-likeness (QED) is 0.0703. The molecule has 0 saturated carbocycles. The second-order valence-electron chi connectivity index (χ2n) is 7.69. The molecule has 220 valence electrons. The number of aromatic nitrogens is 3. The fraction of sp³-hybridized carbons (Fsp3) is 0.467. The average molecular weight is 648 g/mol. The van der Waals surface area contributed by atoms with Gasteiger partial charge in [0.05, 0.1) is 24.4 Å². The van der Waals surface area contributed by atoms with Crippen LogP contribution in [0.3, 0.4) is 0 Å². The first-order chi connectivity index (χ1) is 18.5. The molecule has 25 heteroatoms. The fourth-order valence-electron chi connectivity index (χ4n) is 3.25. The number of thiazole rings is 1. The van der Waals surface area contributed by atoms with Gasteiger partial charge in [0, 0.05) is 23.1 Å². The van der Waals surface area contributed by atoms with E-state index in [1.165, 1.54) is 12.4 Å². The third kappa shape index (κ3) is 8.73. The van der Waals surface area contributed by atoms with Crippen molar-refractivity contribution >= 4 is 40.8 Å². The number of ether oxygens (including phenoxy) is 2. The molecule has 1 aliphatic rings. The molecule has 5 N–H and O–H groups in total. The summed E-state index contributed by atoms with van der Waals surface area (Å²) in [7, 11) is -17.0. The summed E-state index contributed by atoms with van der Waals surface area (Å²) in [6, 6.07) is 0. The molecule has 5 atom stereocenters. The number of phosphoric ester groups is 1. The molecule has 40 heavy (non-hydrogen) atoms. The standard InChI is InChI=1S/C15H19N6O15P3S/c1-7-4-21(15(24)19-13(7)22)11-2-9(34-14(23)12-8(3-18-20-16)17-6-40-12)10(33-11)5-32-38(28,29)36-39(30,31)35-37(25,26)27/h4,6,9-11H,2-3,5H2,1H3,(H,28,29)(H,30,31)(H,19,22,24)(H2,25,26,27)/t9?,10-,11-/m1/s1. The molecule has 0 bridgehead atoms. The maximum absolute atomic E-state index is 12.8. The van der Waals surface area contributed by atoms with E-state index in [-0.39, 0.29) is 29.1 Å². The Morgan fingerprint density at radius 2 is 1.98 bits per heavy atom. The Hall–Kier alpha value is -2.54. The van der Waals surface area contributed by atoms with Gasteiger partial charge in [0.1, 0.15) is 23.3 Å². The maximum atomic E-state index is 12.8. The molecule has 3 rings (SSSR count). The highest BCUT2D eigenvalue weighted by Crippen LogP contribution is 2.66. The number of hydrogen-bond acceptors (Lipinski definition) is 14. The minimum atomic E-state index is -5.81. The van der Waals surface area contributed by atoms with Crippen LogP contribution < -0.4 is 11.2 Å². The summed E-state index contributed by atoms with van der Waals surface area (Å²) in [5.41, 5.74) is 8.41. The van der Waals surface area contributed by atoms with Crippen LogP contribution in [-0.2, 0) is 42.9 Å². The molecule has 2 aromatic rings. The van der Waals surface area contributed by atoms with Gasteiger partial charge in [-0.1, -0.05) is 5.11 Å². The van der Waals surface area contributed by atoms with Crippen LogP contribution in [0.25, 0.3) is 10.4 Å². The Labute approximate surface area is 225 Å². The van der Waals surface area contributed by atoms with Gasteiger partial charge >= 0.3 is 35.1 Å². The van der Waals surface area contributed by atoms with Crippen molar-refractivity contribution < 1.29 is 60.7 Å². The van der Waals surface area contributed by atoms with Crippen LogP contribution in [0.4, 0.5) is 0 Å². The van der Waals surface area contributed by atoms with Crippen LogP contribution in [0, 0.1) is 6.92 Å². The first-order valence-corrected chi connectivity index (χ1v) is 15.8. The van der Waals surface area contributed by atoms with E-state index >= 15 is 0 Å². The van der Waals surface area contributed by atoms with Crippen molar-refractivity contribution in [2.24, 2.45) is 5.11 Å². The Morgan fingerprint density at radius 1 is 1.27 bits per heavy atom. The zero-order valence-corrected chi connectivity index (χ0v) is 23.3. The van der Waals surface area contributed by atoms with Crippen molar-refractivity contribution in [2.45, 2.75) is 38.3 Å². The van der Waals surface area contributed by atoms with Gasteiger partial charge in [0.15, 0.2) is 0 Å².